The summed E-state index contributed by atoms with van der Waals surface area (Å²) in [7, 11) is 1.72. The molecule has 0 unspecified atom stereocenters. The predicted molar refractivity (Wildman–Crippen MR) is 133 cm³/mol. The molecular formula is C24H31ClN6O2. The van der Waals surface area contributed by atoms with E-state index in [0.717, 1.165) is 63.3 Å². The Morgan fingerprint density at radius 2 is 1.91 bits per heavy atom. The molecule has 4 rings (SSSR count). The van der Waals surface area contributed by atoms with E-state index in [-0.39, 0.29) is 0 Å². The fourth-order valence-corrected chi connectivity index (χ4v) is 4.46. The number of amides is 2. The van der Waals surface area contributed by atoms with Gasteiger partial charge in [0.25, 0.3) is 0 Å². The SMILES string of the molecule is COc1ccccc1N1CCN(CCCCCN(C(N)=O)c2cc3ccc(Cl)cn3n2)CC1. The summed E-state index contributed by atoms with van der Waals surface area (Å²) in [6, 6.07) is 13.2. The summed E-state index contributed by atoms with van der Waals surface area (Å²) < 4.78 is 7.17. The number of urea groups is 1. The zero-order chi connectivity index (χ0) is 23.2. The largest absolute Gasteiger partial charge is 0.495 e. The lowest BCUT2D eigenvalue weighted by atomic mass is 10.2. The number of pyridine rings is 1. The molecule has 1 aromatic carbocycles. The van der Waals surface area contributed by atoms with E-state index in [1.165, 1.54) is 10.6 Å². The summed E-state index contributed by atoms with van der Waals surface area (Å²) in [6.07, 6.45) is 4.70. The Morgan fingerprint density at radius 3 is 2.67 bits per heavy atom. The first-order valence-electron chi connectivity index (χ1n) is 11.4. The molecule has 0 atom stereocenters. The monoisotopic (exact) mass is 470 g/mol. The molecule has 0 aliphatic carbocycles. The highest BCUT2D eigenvalue weighted by Gasteiger charge is 2.19. The van der Waals surface area contributed by atoms with Gasteiger partial charge < -0.3 is 15.4 Å². The van der Waals surface area contributed by atoms with Gasteiger partial charge >= 0.3 is 6.03 Å². The van der Waals surface area contributed by atoms with Gasteiger partial charge in [0.2, 0.25) is 0 Å². The first kappa shape index (κ1) is 23.2. The zero-order valence-corrected chi connectivity index (χ0v) is 19.7. The quantitative estimate of drug-likeness (QED) is 0.480. The number of carbonyl (C=O) groups is 1. The Balaban J connectivity index is 1.21. The number of piperazine rings is 1. The van der Waals surface area contributed by atoms with Crippen LogP contribution in [0.25, 0.3) is 5.52 Å². The number of methoxy groups -OCH3 is 1. The number of carbonyl (C=O) groups excluding carboxylic acids is 1. The molecule has 0 saturated carbocycles. The predicted octanol–water partition coefficient (Wildman–Crippen LogP) is 3.87. The summed E-state index contributed by atoms with van der Waals surface area (Å²) in [5, 5.41) is 5.04. The smallest absolute Gasteiger partial charge is 0.320 e. The normalized spacial score (nSPS) is 14.5. The van der Waals surface area contributed by atoms with Crippen LogP contribution in [0.5, 0.6) is 5.75 Å². The summed E-state index contributed by atoms with van der Waals surface area (Å²) in [5.74, 6) is 1.48. The van der Waals surface area contributed by atoms with E-state index in [1.807, 2.05) is 24.3 Å². The number of fused-ring (bicyclic) bond motifs is 1. The van der Waals surface area contributed by atoms with Crippen LogP contribution in [-0.2, 0) is 0 Å². The Labute approximate surface area is 199 Å². The van der Waals surface area contributed by atoms with Crippen molar-refractivity contribution in [3.63, 3.8) is 0 Å². The highest BCUT2D eigenvalue weighted by atomic mass is 35.5. The number of unbranched alkanes of at least 4 members (excludes halogenated alkanes) is 2. The highest BCUT2D eigenvalue weighted by Crippen LogP contribution is 2.28. The number of nitrogens with zero attached hydrogens (tertiary/aromatic N) is 5. The number of hydrogen-bond donors (Lipinski definition) is 1. The third-order valence-electron chi connectivity index (χ3n) is 6.11. The Bertz CT molecular complexity index is 1080. The van der Waals surface area contributed by atoms with Crippen LogP contribution in [0.3, 0.4) is 0 Å². The summed E-state index contributed by atoms with van der Waals surface area (Å²) in [5.41, 5.74) is 7.66. The first-order valence-corrected chi connectivity index (χ1v) is 11.7. The molecule has 3 heterocycles. The fourth-order valence-electron chi connectivity index (χ4n) is 4.30. The van der Waals surface area contributed by atoms with Crippen molar-refractivity contribution in [1.29, 1.82) is 0 Å². The van der Waals surface area contributed by atoms with Crippen molar-refractivity contribution >= 4 is 34.7 Å². The number of benzene rings is 1. The number of primary amides is 1. The Kier molecular flexibility index (Phi) is 7.57. The van der Waals surface area contributed by atoms with Gasteiger partial charge in [-0.15, -0.1) is 5.10 Å². The molecule has 1 aliphatic rings. The maximum atomic E-state index is 12.0. The maximum absolute atomic E-state index is 12.0. The fraction of sp³-hybridized carbons (Fsp3) is 0.417. The topological polar surface area (TPSA) is 79.3 Å². The molecule has 176 valence electrons. The second-order valence-electron chi connectivity index (χ2n) is 8.27. The molecular weight excluding hydrogens is 440 g/mol. The van der Waals surface area contributed by atoms with Gasteiger partial charge in [-0.3, -0.25) is 9.80 Å². The van der Waals surface area contributed by atoms with E-state index in [4.69, 9.17) is 22.1 Å². The molecule has 0 spiro atoms. The van der Waals surface area contributed by atoms with E-state index in [2.05, 4.69) is 27.0 Å². The molecule has 2 amide bonds. The standard InChI is InChI=1S/C24H31ClN6O2/c1-33-22-8-4-3-7-21(22)29-15-13-28(14-16-29)11-5-2-6-12-30(24(26)32)23-17-20-10-9-19(25)18-31(20)27-23/h3-4,7-10,17-18H,2,5-6,11-16H2,1H3,(H2,26,32). The van der Waals surface area contributed by atoms with Crippen LogP contribution < -0.4 is 20.3 Å². The molecule has 2 aromatic heterocycles. The zero-order valence-electron chi connectivity index (χ0n) is 19.0. The minimum absolute atomic E-state index is 0.489. The first-order chi connectivity index (χ1) is 16.0. The maximum Gasteiger partial charge on any atom is 0.320 e. The van der Waals surface area contributed by atoms with Crippen molar-refractivity contribution in [2.24, 2.45) is 5.73 Å². The number of ether oxygens (including phenoxy) is 1. The van der Waals surface area contributed by atoms with Crippen molar-refractivity contribution in [3.8, 4) is 5.75 Å². The van der Waals surface area contributed by atoms with Gasteiger partial charge in [0.1, 0.15) is 5.75 Å². The number of para-hydroxylation sites is 2. The van der Waals surface area contributed by atoms with Gasteiger partial charge in [-0.05, 0) is 43.7 Å². The highest BCUT2D eigenvalue weighted by molar-refractivity contribution is 6.30. The van der Waals surface area contributed by atoms with E-state index in [0.29, 0.717) is 17.4 Å². The number of nitrogens with two attached hydrogens (primary N) is 1. The van der Waals surface area contributed by atoms with Crippen molar-refractivity contribution < 1.29 is 9.53 Å². The van der Waals surface area contributed by atoms with Gasteiger partial charge in [-0.2, -0.15) is 0 Å². The third kappa shape index (κ3) is 5.69. The summed E-state index contributed by atoms with van der Waals surface area (Å²) in [6.45, 7) is 5.67. The lowest BCUT2D eigenvalue weighted by molar-refractivity contribution is 0.250. The van der Waals surface area contributed by atoms with Gasteiger partial charge in [0.15, 0.2) is 5.82 Å². The van der Waals surface area contributed by atoms with Crippen LogP contribution in [0, 0.1) is 0 Å². The number of halogens is 1. The number of aromatic nitrogens is 2. The van der Waals surface area contributed by atoms with Crippen LogP contribution in [0.15, 0.2) is 48.7 Å². The molecule has 1 saturated heterocycles. The van der Waals surface area contributed by atoms with Crippen LogP contribution in [-0.4, -0.2) is 66.9 Å². The second kappa shape index (κ2) is 10.8. The van der Waals surface area contributed by atoms with Crippen molar-refractivity contribution in [3.05, 3.63) is 53.7 Å². The van der Waals surface area contributed by atoms with E-state index in [9.17, 15) is 4.79 Å². The number of rotatable bonds is 9. The minimum atomic E-state index is -0.489. The van der Waals surface area contributed by atoms with Crippen molar-refractivity contribution in [2.45, 2.75) is 19.3 Å². The summed E-state index contributed by atoms with van der Waals surface area (Å²) in [4.78, 5) is 18.4. The summed E-state index contributed by atoms with van der Waals surface area (Å²) >= 11 is 6.03. The Morgan fingerprint density at radius 1 is 1.12 bits per heavy atom. The average molecular weight is 471 g/mol. The van der Waals surface area contributed by atoms with Crippen LogP contribution in [0.1, 0.15) is 19.3 Å². The number of hydrogen-bond acceptors (Lipinski definition) is 5. The lowest BCUT2D eigenvalue weighted by Crippen LogP contribution is -2.46. The molecule has 1 fully saturated rings. The molecule has 0 radical (unpaired) electrons. The third-order valence-corrected chi connectivity index (χ3v) is 6.33. The minimum Gasteiger partial charge on any atom is -0.495 e. The molecule has 0 bridgehead atoms. The molecule has 2 N–H and O–H groups in total. The van der Waals surface area contributed by atoms with E-state index >= 15 is 0 Å². The molecule has 3 aromatic rings. The van der Waals surface area contributed by atoms with Crippen LogP contribution in [0.2, 0.25) is 5.02 Å². The van der Waals surface area contributed by atoms with E-state index < -0.39 is 6.03 Å². The van der Waals surface area contributed by atoms with Gasteiger partial charge in [-0.1, -0.05) is 30.2 Å². The van der Waals surface area contributed by atoms with Gasteiger partial charge in [0, 0.05) is 45.0 Å². The van der Waals surface area contributed by atoms with E-state index in [1.54, 1.807) is 23.9 Å². The van der Waals surface area contributed by atoms with Crippen molar-refractivity contribution in [2.75, 3.05) is 56.2 Å². The van der Waals surface area contributed by atoms with Crippen LogP contribution in [0.4, 0.5) is 16.3 Å². The van der Waals surface area contributed by atoms with Gasteiger partial charge in [-0.25, -0.2) is 9.31 Å². The Hall–Kier alpha value is -2.97. The molecule has 8 nitrogen and oxygen atoms in total. The molecule has 1 aliphatic heterocycles. The number of anilines is 2. The second-order valence-corrected chi connectivity index (χ2v) is 8.71. The lowest BCUT2D eigenvalue weighted by Gasteiger charge is -2.36. The van der Waals surface area contributed by atoms with Gasteiger partial charge in [0.05, 0.1) is 23.3 Å². The molecule has 9 heteroatoms. The average Bonchev–Trinajstić information content (AvgIpc) is 3.24. The van der Waals surface area contributed by atoms with Crippen LogP contribution >= 0.6 is 11.6 Å². The van der Waals surface area contributed by atoms with Crippen molar-refractivity contribution in [1.82, 2.24) is 14.5 Å². The molecule has 33 heavy (non-hydrogen) atoms.